The topological polar surface area (TPSA) is 533 Å². The fraction of sp³-hybridized carbons (Fsp3) is 0.925. The van der Waals surface area contributed by atoms with E-state index in [1.807, 2.05) is 6.08 Å². The Morgan fingerprint density at radius 1 is 0.360 bits per heavy atom. The van der Waals surface area contributed by atoms with Gasteiger partial charge < -0.3 is 159 Å². The van der Waals surface area contributed by atoms with E-state index < -0.39 is 242 Å². The molecule has 0 aromatic rings. The maximum atomic E-state index is 13.6. The van der Waals surface area contributed by atoms with Gasteiger partial charge in [0.25, 0.3) is 0 Å². The Labute approximate surface area is 671 Å². The molecule has 6 heterocycles. The molecule has 0 bridgehead atoms. The summed E-state index contributed by atoms with van der Waals surface area (Å²) in [5.41, 5.74) is 0. The first-order valence-corrected chi connectivity index (χ1v) is 42.5. The zero-order chi connectivity index (χ0) is 83.2. The molecule has 32 atom stereocenters. The number of unbranched alkanes of at least 4 members (excludes halogenated alkanes) is 28. The SMILES string of the molecule is CCCCCCCC/C=C\CCCCCCCCCCCCCC(=O)N[C@@H](CO[C@@H]1OC(CO)[C@@H](O[C@@H]2OC(CO)[C@H](O)[C@H](O[C@H]3OC(CO)[C@H](O)[C@H](O[C@@H]4OC(CO)[C@H](O)[C@H](O[C@@H]5OC(CO)[C@H](O)[C@H](O)C5O[C@H]5OC(C)[C@@H](O)C(O)[C@@H]5O)C4NC(C)=O)C3O)C2O)[C@H](O)C1O)[C@H](O)/C=C/CCCCCCCCCCCCC. The highest BCUT2D eigenvalue weighted by Crippen LogP contribution is 2.38. The summed E-state index contributed by atoms with van der Waals surface area (Å²) in [5.74, 6) is -1.22. The van der Waals surface area contributed by atoms with E-state index in [9.17, 15) is 102 Å². The molecule has 666 valence electrons. The van der Waals surface area contributed by atoms with Crippen molar-refractivity contribution in [2.24, 2.45) is 0 Å². The summed E-state index contributed by atoms with van der Waals surface area (Å²) in [4.78, 5) is 26.6. The fourth-order valence-electron chi connectivity index (χ4n) is 15.4. The molecule has 0 aromatic carbocycles. The number of allylic oxidation sites excluding steroid dienone is 3. The first kappa shape index (κ1) is 100. The Morgan fingerprint density at radius 3 is 1.19 bits per heavy atom. The van der Waals surface area contributed by atoms with Crippen LogP contribution in [0.3, 0.4) is 0 Å². The van der Waals surface area contributed by atoms with Crippen LogP contribution in [-0.4, -0.2) is 340 Å². The summed E-state index contributed by atoms with van der Waals surface area (Å²) < 4.78 is 70.9. The minimum atomic E-state index is -2.29. The number of aliphatic hydroxyl groups is 18. The van der Waals surface area contributed by atoms with Gasteiger partial charge in [-0.05, 0) is 51.9 Å². The van der Waals surface area contributed by atoms with Gasteiger partial charge in [0.1, 0.15) is 140 Å². The molecular weight excluding hydrogens is 1500 g/mol. The van der Waals surface area contributed by atoms with Crippen molar-refractivity contribution < 1.29 is 158 Å². The molecule has 34 heteroatoms. The van der Waals surface area contributed by atoms with Crippen molar-refractivity contribution in [1.29, 1.82) is 0 Å². The van der Waals surface area contributed by atoms with E-state index in [0.29, 0.717) is 12.8 Å². The van der Waals surface area contributed by atoms with Crippen LogP contribution in [0.15, 0.2) is 24.3 Å². The van der Waals surface area contributed by atoms with Gasteiger partial charge in [0.15, 0.2) is 37.7 Å². The van der Waals surface area contributed by atoms with Crippen molar-refractivity contribution in [2.75, 3.05) is 39.6 Å². The van der Waals surface area contributed by atoms with Gasteiger partial charge in [-0.25, -0.2) is 0 Å². The van der Waals surface area contributed by atoms with E-state index in [-0.39, 0.29) is 12.3 Å². The van der Waals surface area contributed by atoms with Crippen LogP contribution in [0, 0.1) is 0 Å². The minimum Gasteiger partial charge on any atom is -0.394 e. The van der Waals surface area contributed by atoms with Crippen molar-refractivity contribution in [2.45, 2.75) is 429 Å². The summed E-state index contributed by atoms with van der Waals surface area (Å²) in [6.07, 6.45) is -12.9. The highest BCUT2D eigenvalue weighted by molar-refractivity contribution is 5.76. The zero-order valence-corrected chi connectivity index (χ0v) is 67.4. The summed E-state index contributed by atoms with van der Waals surface area (Å²) in [6.45, 7) is 1.31. The molecule has 6 saturated heterocycles. The Kier molecular flexibility index (Phi) is 47.9. The molecule has 6 fully saturated rings. The van der Waals surface area contributed by atoms with E-state index in [0.717, 1.165) is 64.7 Å². The largest absolute Gasteiger partial charge is 0.394 e. The lowest BCUT2D eigenvalue weighted by atomic mass is 9.94. The highest BCUT2D eigenvalue weighted by Gasteiger charge is 2.59. The van der Waals surface area contributed by atoms with Crippen molar-refractivity contribution >= 4 is 11.8 Å². The number of rotatable bonds is 55. The van der Waals surface area contributed by atoms with E-state index in [1.165, 1.54) is 135 Å². The standard InChI is InChI=1S/C80H144N2O32/c1-5-7-9-11-13-15-17-19-20-21-22-23-24-25-26-28-30-32-34-36-38-40-56(90)82-49(50(89)39-37-35-33-31-29-27-18-16-14-12-10-8-6-2)46-103-76-67(100)65(98)70(55(45-87)109-76)110-78-69(102)73(62(95)54(44-86)106-78)113-79-68(101)72(61(94)53(43-85)107-79)112-75-57(81-48(4)88)71(60(93)52(42-84)105-75)111-80-74(64(97)59(92)51(41-83)108-80)114-77-66(99)63(96)58(91)47(3)104-77/h19-20,37,39,47,49-55,57-80,83-87,89,91-102H,5-18,21-36,38,40-46H2,1-4H3,(H,81,88)(H,82,90)/b20-19-,39-37+/t47?,49-,50+,51?,52?,53?,54?,55?,57?,58+,59-,60-,61-,62-,63?,64-,65+,66-,67?,68?,69?,70+,71+,72-,73-,74?,75-,76+,77+,78-,79+,80-/m0/s1. The highest BCUT2D eigenvalue weighted by atomic mass is 16.8. The molecule has 2 amide bonds. The van der Waals surface area contributed by atoms with Crippen molar-refractivity contribution in [3.63, 3.8) is 0 Å². The van der Waals surface area contributed by atoms with Gasteiger partial charge in [0.05, 0.1) is 57.9 Å². The Morgan fingerprint density at radius 2 is 0.719 bits per heavy atom. The molecule has 0 spiro atoms. The molecule has 12 unspecified atom stereocenters. The number of carbonyl (C=O) groups is 2. The summed E-state index contributed by atoms with van der Waals surface area (Å²) in [5, 5.41) is 206. The van der Waals surface area contributed by atoms with Gasteiger partial charge in [0.2, 0.25) is 11.8 Å². The molecule has 34 nitrogen and oxygen atoms in total. The maximum absolute atomic E-state index is 13.6. The Balaban J connectivity index is 1.07. The van der Waals surface area contributed by atoms with E-state index in [1.54, 1.807) is 6.08 Å². The fourth-order valence-corrected chi connectivity index (χ4v) is 15.4. The third-order valence-corrected chi connectivity index (χ3v) is 22.4. The van der Waals surface area contributed by atoms with E-state index >= 15 is 0 Å². The number of hydrogen-bond donors (Lipinski definition) is 20. The number of nitrogens with one attached hydrogen (secondary N) is 2. The molecule has 6 rings (SSSR count). The number of carbonyl (C=O) groups excluding carboxylic acids is 2. The second-order valence-electron chi connectivity index (χ2n) is 31.7. The van der Waals surface area contributed by atoms with Gasteiger partial charge in [-0.15, -0.1) is 0 Å². The average molecular weight is 1650 g/mol. The first-order chi connectivity index (χ1) is 54.9. The number of ether oxygens (including phenoxy) is 12. The number of amides is 2. The van der Waals surface area contributed by atoms with Crippen LogP contribution in [0.1, 0.15) is 233 Å². The van der Waals surface area contributed by atoms with Crippen molar-refractivity contribution in [1.82, 2.24) is 10.6 Å². The van der Waals surface area contributed by atoms with Crippen LogP contribution < -0.4 is 10.6 Å². The molecule has 0 saturated carbocycles. The minimum absolute atomic E-state index is 0.173. The normalized spacial score (nSPS) is 36.9. The summed E-state index contributed by atoms with van der Waals surface area (Å²) in [7, 11) is 0. The molecule has 0 radical (unpaired) electrons. The lowest BCUT2D eigenvalue weighted by Crippen LogP contribution is -2.70. The third-order valence-electron chi connectivity index (χ3n) is 22.4. The zero-order valence-electron chi connectivity index (χ0n) is 67.4. The lowest BCUT2D eigenvalue weighted by molar-refractivity contribution is -0.394. The van der Waals surface area contributed by atoms with Crippen molar-refractivity contribution in [3.05, 3.63) is 24.3 Å². The summed E-state index contributed by atoms with van der Waals surface area (Å²) in [6, 6.07) is -2.90. The molecular formula is C80H144N2O32. The van der Waals surface area contributed by atoms with Crippen LogP contribution >= 0.6 is 0 Å². The molecule has 6 aliphatic rings. The first-order valence-electron chi connectivity index (χ1n) is 42.5. The second-order valence-corrected chi connectivity index (χ2v) is 31.7. The third kappa shape index (κ3) is 31.3. The predicted molar refractivity (Wildman–Crippen MR) is 408 cm³/mol. The Bertz CT molecular complexity index is 2610. The lowest BCUT2D eigenvalue weighted by Gasteiger charge is -2.51. The van der Waals surface area contributed by atoms with Crippen molar-refractivity contribution in [3.8, 4) is 0 Å². The van der Waals surface area contributed by atoms with Crippen LogP contribution in [-0.2, 0) is 66.4 Å². The molecule has 0 aromatic heterocycles. The van der Waals surface area contributed by atoms with E-state index in [2.05, 4.69) is 36.6 Å². The molecule has 0 aliphatic carbocycles. The van der Waals surface area contributed by atoms with Crippen LogP contribution in [0.2, 0.25) is 0 Å². The number of hydrogen-bond acceptors (Lipinski definition) is 32. The summed E-state index contributed by atoms with van der Waals surface area (Å²) >= 11 is 0. The molecule has 6 aliphatic heterocycles. The van der Waals surface area contributed by atoms with E-state index in [4.69, 9.17) is 56.8 Å². The maximum Gasteiger partial charge on any atom is 0.220 e. The van der Waals surface area contributed by atoms with Gasteiger partial charge in [0, 0.05) is 13.3 Å². The second kappa shape index (κ2) is 54.6. The van der Waals surface area contributed by atoms with Gasteiger partial charge >= 0.3 is 0 Å². The van der Waals surface area contributed by atoms with Gasteiger partial charge in [-0.3, -0.25) is 9.59 Å². The Hall–Kier alpha value is -2.78. The number of aliphatic hydroxyl groups excluding tert-OH is 18. The van der Waals surface area contributed by atoms with Crippen LogP contribution in [0.25, 0.3) is 0 Å². The predicted octanol–water partition coefficient (Wildman–Crippen LogP) is 0.576. The van der Waals surface area contributed by atoms with Gasteiger partial charge in [-0.2, -0.15) is 0 Å². The smallest absolute Gasteiger partial charge is 0.220 e. The molecule has 114 heavy (non-hydrogen) atoms. The molecule has 20 N–H and O–H groups in total. The monoisotopic (exact) mass is 1640 g/mol. The van der Waals surface area contributed by atoms with Crippen LogP contribution in [0.5, 0.6) is 0 Å². The average Bonchev–Trinajstić information content (AvgIpc) is 0.767. The van der Waals surface area contributed by atoms with Crippen LogP contribution in [0.4, 0.5) is 0 Å². The van der Waals surface area contributed by atoms with Gasteiger partial charge in [-0.1, -0.05) is 192 Å². The quantitative estimate of drug-likeness (QED) is 0.0292.